The van der Waals surface area contributed by atoms with Crippen LogP contribution in [0.3, 0.4) is 0 Å². The highest BCUT2D eigenvalue weighted by Crippen LogP contribution is 2.14. The summed E-state index contributed by atoms with van der Waals surface area (Å²) in [5.74, 6) is -1.44. The molecule has 0 aliphatic rings. The van der Waals surface area contributed by atoms with Gasteiger partial charge in [-0.05, 0) is 29.9 Å². The Labute approximate surface area is 132 Å². The average molecular weight is 311 g/mol. The Morgan fingerprint density at radius 1 is 1.00 bits per heavy atom. The fourth-order valence-corrected chi connectivity index (χ4v) is 1.86. The number of carbonyl (C=O) groups is 2. The van der Waals surface area contributed by atoms with Gasteiger partial charge < -0.3 is 0 Å². The molecule has 0 heterocycles. The van der Waals surface area contributed by atoms with E-state index >= 15 is 0 Å². The summed E-state index contributed by atoms with van der Waals surface area (Å²) in [6.45, 7) is 0. The fourth-order valence-electron chi connectivity index (χ4n) is 1.86. The number of hydrogen-bond acceptors (Lipinski definition) is 3. The minimum Gasteiger partial charge on any atom is -0.289 e. The first-order valence-corrected chi connectivity index (χ1v) is 6.79. The SMILES string of the molecule is O=C(/C=C/c1ccc(/C=C/C(=O)c2ccccc2)c(F)c1)NO. The number of hydrogen-bond donors (Lipinski definition) is 2. The van der Waals surface area contributed by atoms with Crippen LogP contribution in [-0.4, -0.2) is 16.9 Å². The molecule has 0 aliphatic carbocycles. The van der Waals surface area contributed by atoms with Crippen molar-refractivity contribution in [2.75, 3.05) is 0 Å². The number of carbonyl (C=O) groups excluding carboxylic acids is 2. The molecule has 0 spiro atoms. The highest BCUT2D eigenvalue weighted by Gasteiger charge is 2.03. The lowest BCUT2D eigenvalue weighted by molar-refractivity contribution is -0.124. The molecular formula is C18H14FNO3. The van der Waals surface area contributed by atoms with Crippen molar-refractivity contribution >= 4 is 23.8 Å². The highest BCUT2D eigenvalue weighted by atomic mass is 19.1. The molecule has 23 heavy (non-hydrogen) atoms. The smallest absolute Gasteiger partial charge is 0.267 e. The molecule has 0 bridgehead atoms. The van der Waals surface area contributed by atoms with Gasteiger partial charge in [-0.25, -0.2) is 9.87 Å². The summed E-state index contributed by atoms with van der Waals surface area (Å²) in [7, 11) is 0. The predicted octanol–water partition coefficient (Wildman–Crippen LogP) is 3.24. The molecular weight excluding hydrogens is 297 g/mol. The summed E-state index contributed by atoms with van der Waals surface area (Å²) in [6.07, 6.45) is 5.14. The van der Waals surface area contributed by atoms with Gasteiger partial charge in [-0.15, -0.1) is 0 Å². The Morgan fingerprint density at radius 3 is 2.39 bits per heavy atom. The Bertz CT molecular complexity index is 767. The van der Waals surface area contributed by atoms with Crippen molar-refractivity contribution in [3.8, 4) is 0 Å². The molecule has 2 rings (SSSR count). The molecule has 0 saturated heterocycles. The molecule has 2 N–H and O–H groups in total. The summed E-state index contributed by atoms with van der Waals surface area (Å²) in [6, 6.07) is 13.0. The number of amides is 1. The molecule has 0 atom stereocenters. The third-order valence-corrected chi connectivity index (χ3v) is 3.03. The summed E-state index contributed by atoms with van der Waals surface area (Å²) in [4.78, 5) is 22.8. The zero-order chi connectivity index (χ0) is 16.7. The maximum Gasteiger partial charge on any atom is 0.267 e. The number of nitrogens with one attached hydrogen (secondary N) is 1. The maximum absolute atomic E-state index is 14.0. The highest BCUT2D eigenvalue weighted by molar-refractivity contribution is 6.06. The van der Waals surface area contributed by atoms with Crippen LogP contribution in [0.15, 0.2) is 60.7 Å². The van der Waals surface area contributed by atoms with Crippen LogP contribution in [0.4, 0.5) is 4.39 Å². The lowest BCUT2D eigenvalue weighted by Crippen LogP contribution is -2.14. The third-order valence-electron chi connectivity index (χ3n) is 3.03. The van der Waals surface area contributed by atoms with Crippen molar-refractivity contribution in [3.63, 3.8) is 0 Å². The molecule has 0 saturated carbocycles. The van der Waals surface area contributed by atoms with Crippen LogP contribution in [0.1, 0.15) is 21.5 Å². The lowest BCUT2D eigenvalue weighted by Gasteiger charge is -2.00. The van der Waals surface area contributed by atoms with Gasteiger partial charge in [0.25, 0.3) is 5.91 Å². The molecule has 5 heteroatoms. The number of halogens is 1. The maximum atomic E-state index is 14.0. The van der Waals surface area contributed by atoms with Crippen molar-refractivity contribution in [1.82, 2.24) is 5.48 Å². The normalized spacial score (nSPS) is 11.0. The monoisotopic (exact) mass is 311 g/mol. The van der Waals surface area contributed by atoms with E-state index < -0.39 is 11.7 Å². The molecule has 0 radical (unpaired) electrons. The van der Waals surface area contributed by atoms with Crippen LogP contribution in [-0.2, 0) is 4.79 Å². The Morgan fingerprint density at radius 2 is 1.74 bits per heavy atom. The topological polar surface area (TPSA) is 66.4 Å². The molecule has 0 fully saturated rings. The Balaban J connectivity index is 2.12. The first-order valence-electron chi connectivity index (χ1n) is 6.79. The largest absolute Gasteiger partial charge is 0.289 e. The minimum absolute atomic E-state index is 0.214. The summed E-state index contributed by atoms with van der Waals surface area (Å²) in [5.41, 5.74) is 2.69. The van der Waals surface area contributed by atoms with E-state index in [9.17, 15) is 14.0 Å². The van der Waals surface area contributed by atoms with Gasteiger partial charge in [-0.2, -0.15) is 0 Å². The van der Waals surface area contributed by atoms with Crippen molar-refractivity contribution < 1.29 is 19.2 Å². The van der Waals surface area contributed by atoms with Gasteiger partial charge in [0.1, 0.15) is 5.82 Å². The van der Waals surface area contributed by atoms with E-state index in [0.717, 1.165) is 6.08 Å². The van der Waals surface area contributed by atoms with Crippen LogP contribution in [0.25, 0.3) is 12.2 Å². The van der Waals surface area contributed by atoms with Gasteiger partial charge in [0.05, 0.1) is 0 Å². The predicted molar refractivity (Wildman–Crippen MR) is 85.2 cm³/mol. The zero-order valence-electron chi connectivity index (χ0n) is 12.1. The van der Waals surface area contributed by atoms with Crippen molar-refractivity contribution in [1.29, 1.82) is 0 Å². The second-order valence-electron chi connectivity index (χ2n) is 4.65. The summed E-state index contributed by atoms with van der Waals surface area (Å²) >= 11 is 0. The van der Waals surface area contributed by atoms with E-state index in [1.165, 1.54) is 35.8 Å². The molecule has 116 valence electrons. The van der Waals surface area contributed by atoms with Crippen molar-refractivity contribution in [2.24, 2.45) is 0 Å². The molecule has 0 aromatic heterocycles. The molecule has 2 aromatic carbocycles. The van der Waals surface area contributed by atoms with E-state index in [1.54, 1.807) is 30.3 Å². The van der Waals surface area contributed by atoms with Crippen LogP contribution >= 0.6 is 0 Å². The molecule has 0 aliphatic heterocycles. The van der Waals surface area contributed by atoms with Crippen LogP contribution in [0.2, 0.25) is 0 Å². The van der Waals surface area contributed by atoms with Crippen LogP contribution in [0, 0.1) is 5.82 Å². The minimum atomic E-state index is -0.706. The lowest BCUT2D eigenvalue weighted by atomic mass is 10.1. The first kappa shape index (κ1) is 16.3. The van der Waals surface area contributed by atoms with Crippen molar-refractivity contribution in [3.05, 3.63) is 83.2 Å². The van der Waals surface area contributed by atoms with E-state index in [2.05, 4.69) is 0 Å². The third kappa shape index (κ3) is 4.72. The van der Waals surface area contributed by atoms with Crippen LogP contribution in [0.5, 0.6) is 0 Å². The standard InChI is InChI=1S/C18H14FNO3/c19-16-12-13(7-11-18(22)20-23)6-8-14(16)9-10-17(21)15-4-2-1-3-5-15/h1-12,23H,(H,20,22)/b10-9+,11-7+. The van der Waals surface area contributed by atoms with Gasteiger partial charge in [-0.3, -0.25) is 14.8 Å². The van der Waals surface area contributed by atoms with Gasteiger partial charge in [-0.1, -0.05) is 42.5 Å². The summed E-state index contributed by atoms with van der Waals surface area (Å²) < 4.78 is 14.0. The number of rotatable bonds is 5. The van der Waals surface area contributed by atoms with Crippen molar-refractivity contribution in [2.45, 2.75) is 0 Å². The number of ketones is 1. The van der Waals surface area contributed by atoms with E-state index in [0.29, 0.717) is 11.1 Å². The molecule has 4 nitrogen and oxygen atoms in total. The van der Waals surface area contributed by atoms with Gasteiger partial charge >= 0.3 is 0 Å². The number of allylic oxidation sites excluding steroid dienone is 1. The van der Waals surface area contributed by atoms with E-state index in [4.69, 9.17) is 5.21 Å². The van der Waals surface area contributed by atoms with E-state index in [-0.39, 0.29) is 11.3 Å². The molecule has 0 unspecified atom stereocenters. The van der Waals surface area contributed by atoms with Crippen LogP contribution < -0.4 is 5.48 Å². The molecule has 1 amide bonds. The second kappa shape index (κ2) is 7.82. The summed E-state index contributed by atoms with van der Waals surface area (Å²) in [5, 5.41) is 8.36. The molecule has 2 aromatic rings. The van der Waals surface area contributed by atoms with Gasteiger partial charge in [0.15, 0.2) is 5.78 Å². The zero-order valence-corrected chi connectivity index (χ0v) is 12.1. The van der Waals surface area contributed by atoms with Gasteiger partial charge in [0, 0.05) is 17.2 Å². The fraction of sp³-hybridized carbons (Fsp3) is 0. The Kier molecular flexibility index (Phi) is 5.55. The number of benzene rings is 2. The average Bonchev–Trinajstić information content (AvgIpc) is 2.59. The quantitative estimate of drug-likeness (QED) is 0.385. The van der Waals surface area contributed by atoms with Gasteiger partial charge in [0.2, 0.25) is 0 Å². The Hall–Kier alpha value is -3.05. The number of hydroxylamine groups is 1. The second-order valence-corrected chi connectivity index (χ2v) is 4.65. The first-order chi connectivity index (χ1) is 11.1. The van der Waals surface area contributed by atoms with E-state index in [1.807, 2.05) is 6.07 Å².